The molecule has 1 aromatic rings. The third kappa shape index (κ3) is 2.85. The van der Waals surface area contributed by atoms with Crippen LogP contribution in [0.2, 0.25) is 0 Å². The van der Waals surface area contributed by atoms with E-state index in [0.29, 0.717) is 10.6 Å². The van der Waals surface area contributed by atoms with Gasteiger partial charge in [-0.2, -0.15) is 5.26 Å². The summed E-state index contributed by atoms with van der Waals surface area (Å²) in [5.41, 5.74) is 1.11. The molecular formula is C19H22N2O3S. The molecule has 0 radical (unpaired) electrons. The van der Waals surface area contributed by atoms with Crippen LogP contribution in [0.1, 0.15) is 67.4 Å². The second-order valence-corrected chi connectivity index (χ2v) is 8.48. The predicted molar refractivity (Wildman–Crippen MR) is 94.3 cm³/mol. The first-order valence-corrected chi connectivity index (χ1v) is 10.0. The largest absolute Gasteiger partial charge is 0.458 e. The molecule has 1 spiro atoms. The van der Waals surface area contributed by atoms with E-state index in [2.05, 4.69) is 11.4 Å². The van der Waals surface area contributed by atoms with Crippen LogP contribution in [0, 0.1) is 17.2 Å². The van der Waals surface area contributed by atoms with E-state index >= 15 is 0 Å². The smallest absolute Gasteiger partial charge is 0.307 e. The summed E-state index contributed by atoms with van der Waals surface area (Å²) in [6.07, 6.45) is 8.94. The molecule has 1 saturated carbocycles. The highest BCUT2D eigenvalue weighted by molar-refractivity contribution is 7.16. The van der Waals surface area contributed by atoms with Crippen molar-refractivity contribution < 1.29 is 14.3 Å². The van der Waals surface area contributed by atoms with Crippen LogP contribution in [-0.4, -0.2) is 17.5 Å². The van der Waals surface area contributed by atoms with Crippen molar-refractivity contribution in [3.63, 3.8) is 0 Å². The Kier molecular flexibility index (Phi) is 4.28. The summed E-state index contributed by atoms with van der Waals surface area (Å²) >= 11 is 1.53. The average Bonchev–Trinajstić information content (AvgIpc) is 3.12. The van der Waals surface area contributed by atoms with E-state index < -0.39 is 11.5 Å². The Morgan fingerprint density at radius 1 is 1.20 bits per heavy atom. The molecule has 2 heterocycles. The van der Waals surface area contributed by atoms with Gasteiger partial charge in [0.25, 0.3) is 0 Å². The number of anilines is 1. The number of fused-ring (bicyclic) bond motifs is 1. The highest BCUT2D eigenvalue weighted by atomic mass is 32.1. The van der Waals surface area contributed by atoms with Crippen LogP contribution >= 0.6 is 11.3 Å². The minimum atomic E-state index is -0.622. The number of carbonyl (C=O) groups is 2. The standard InChI is InChI=1S/C19H22N2O3S/c20-11-13-12-6-2-3-7-15(12)25-18(13)21-17(23)14-10-16(22)24-19(14)8-4-1-5-9-19/h14H,1-10H2,(H,21,23). The monoisotopic (exact) mass is 358 g/mol. The molecule has 0 bridgehead atoms. The molecule has 1 saturated heterocycles. The number of esters is 1. The average molecular weight is 358 g/mol. The van der Waals surface area contributed by atoms with Gasteiger partial charge in [0.05, 0.1) is 17.9 Å². The van der Waals surface area contributed by atoms with Gasteiger partial charge in [0.15, 0.2) is 0 Å². The third-order valence-electron chi connectivity index (χ3n) is 5.86. The number of hydrogen-bond acceptors (Lipinski definition) is 5. The van der Waals surface area contributed by atoms with Crippen LogP contribution in [0.25, 0.3) is 0 Å². The maximum absolute atomic E-state index is 13.0. The number of amides is 1. The van der Waals surface area contributed by atoms with Gasteiger partial charge < -0.3 is 10.1 Å². The fourth-order valence-electron chi connectivity index (χ4n) is 4.60. The zero-order valence-electron chi connectivity index (χ0n) is 14.2. The van der Waals surface area contributed by atoms with Gasteiger partial charge in [-0.15, -0.1) is 11.3 Å². The Hall–Kier alpha value is -1.87. The number of ether oxygens (including phenoxy) is 1. The Labute approximate surface area is 151 Å². The van der Waals surface area contributed by atoms with Gasteiger partial charge in [0, 0.05) is 4.88 Å². The van der Waals surface area contributed by atoms with Gasteiger partial charge >= 0.3 is 5.97 Å². The number of rotatable bonds is 2. The Morgan fingerprint density at radius 3 is 2.72 bits per heavy atom. The van der Waals surface area contributed by atoms with Crippen molar-refractivity contribution in [3.05, 3.63) is 16.0 Å². The molecular weight excluding hydrogens is 336 g/mol. The summed E-state index contributed by atoms with van der Waals surface area (Å²) in [7, 11) is 0. The fraction of sp³-hybridized carbons (Fsp3) is 0.632. The molecule has 25 heavy (non-hydrogen) atoms. The van der Waals surface area contributed by atoms with Crippen LogP contribution < -0.4 is 5.32 Å². The third-order valence-corrected chi connectivity index (χ3v) is 7.07. The molecule has 3 aliphatic rings. The molecule has 1 atom stereocenters. The number of nitriles is 1. The van der Waals surface area contributed by atoms with E-state index in [-0.39, 0.29) is 18.3 Å². The van der Waals surface area contributed by atoms with Crippen molar-refractivity contribution in [1.29, 1.82) is 5.26 Å². The highest BCUT2D eigenvalue weighted by Crippen LogP contribution is 2.45. The van der Waals surface area contributed by atoms with Gasteiger partial charge in [-0.25, -0.2) is 0 Å². The Bertz CT molecular complexity index is 755. The second-order valence-electron chi connectivity index (χ2n) is 7.37. The van der Waals surface area contributed by atoms with Gasteiger partial charge in [0.2, 0.25) is 5.91 Å². The highest BCUT2D eigenvalue weighted by Gasteiger charge is 2.53. The van der Waals surface area contributed by atoms with Crippen molar-refractivity contribution in [1.82, 2.24) is 0 Å². The normalized spacial score (nSPS) is 24.4. The van der Waals surface area contributed by atoms with Gasteiger partial charge in [-0.05, 0) is 56.9 Å². The Morgan fingerprint density at radius 2 is 1.96 bits per heavy atom. The first-order valence-electron chi connectivity index (χ1n) is 9.20. The zero-order chi connectivity index (χ0) is 17.4. The van der Waals surface area contributed by atoms with Crippen molar-refractivity contribution in [2.75, 3.05) is 5.32 Å². The number of carbonyl (C=O) groups excluding carboxylic acids is 2. The molecule has 5 nitrogen and oxygen atoms in total. The quantitative estimate of drug-likeness (QED) is 0.818. The molecule has 1 amide bonds. The lowest BCUT2D eigenvalue weighted by atomic mass is 9.75. The first-order chi connectivity index (χ1) is 12.1. The summed E-state index contributed by atoms with van der Waals surface area (Å²) < 4.78 is 5.64. The minimum Gasteiger partial charge on any atom is -0.458 e. The van der Waals surface area contributed by atoms with Gasteiger partial charge in [-0.3, -0.25) is 9.59 Å². The van der Waals surface area contributed by atoms with Crippen molar-refractivity contribution in [3.8, 4) is 6.07 Å². The number of nitrogens with one attached hydrogen (secondary N) is 1. The summed E-state index contributed by atoms with van der Waals surface area (Å²) in [5.74, 6) is -0.873. The zero-order valence-corrected chi connectivity index (χ0v) is 15.0. The minimum absolute atomic E-state index is 0.152. The summed E-state index contributed by atoms with van der Waals surface area (Å²) in [4.78, 5) is 26.1. The molecule has 6 heteroatoms. The van der Waals surface area contributed by atoms with Crippen LogP contribution in [0.3, 0.4) is 0 Å². The molecule has 2 aliphatic carbocycles. The number of thiophene rings is 1. The molecule has 0 aromatic carbocycles. The van der Waals surface area contributed by atoms with Crippen molar-refractivity contribution in [2.45, 2.75) is 69.8 Å². The van der Waals surface area contributed by atoms with Crippen molar-refractivity contribution in [2.24, 2.45) is 5.92 Å². The van der Waals surface area contributed by atoms with E-state index in [1.807, 2.05) is 0 Å². The van der Waals surface area contributed by atoms with Crippen molar-refractivity contribution >= 4 is 28.2 Å². The van der Waals surface area contributed by atoms with Crippen LogP contribution in [-0.2, 0) is 27.2 Å². The maximum atomic E-state index is 13.0. The van der Waals surface area contributed by atoms with Gasteiger partial charge in [-0.1, -0.05) is 6.42 Å². The van der Waals surface area contributed by atoms with E-state index in [9.17, 15) is 14.9 Å². The summed E-state index contributed by atoms with van der Waals surface area (Å²) in [5, 5.41) is 13.2. The van der Waals surface area contributed by atoms with Crippen LogP contribution in [0.5, 0.6) is 0 Å². The second kappa shape index (κ2) is 6.45. The molecule has 4 rings (SSSR count). The molecule has 1 aliphatic heterocycles. The van der Waals surface area contributed by atoms with E-state index in [1.54, 1.807) is 0 Å². The molecule has 2 fully saturated rings. The van der Waals surface area contributed by atoms with Crippen LogP contribution in [0.15, 0.2) is 0 Å². The number of nitrogens with zero attached hydrogens (tertiary/aromatic N) is 1. The van der Waals surface area contributed by atoms with Crippen LogP contribution in [0.4, 0.5) is 5.00 Å². The SMILES string of the molecule is N#Cc1c(NC(=O)C2CC(=O)OC23CCCCC3)sc2c1CCCC2. The Balaban J connectivity index is 1.59. The lowest BCUT2D eigenvalue weighted by Crippen LogP contribution is -2.43. The maximum Gasteiger partial charge on any atom is 0.307 e. The summed E-state index contributed by atoms with van der Waals surface area (Å²) in [6, 6.07) is 2.28. The summed E-state index contributed by atoms with van der Waals surface area (Å²) in [6.45, 7) is 0. The van der Waals surface area contributed by atoms with E-state index in [1.165, 1.54) is 16.2 Å². The fourth-order valence-corrected chi connectivity index (χ4v) is 5.84. The molecule has 1 unspecified atom stereocenters. The van der Waals surface area contributed by atoms with E-state index in [4.69, 9.17) is 4.74 Å². The topological polar surface area (TPSA) is 79.2 Å². The molecule has 132 valence electrons. The first kappa shape index (κ1) is 16.6. The van der Waals surface area contributed by atoms with E-state index in [0.717, 1.165) is 63.4 Å². The van der Waals surface area contributed by atoms with Gasteiger partial charge in [0.1, 0.15) is 16.7 Å². The molecule has 1 N–H and O–H groups in total. The lowest BCUT2D eigenvalue weighted by molar-refractivity contribution is -0.153. The molecule has 1 aromatic heterocycles. The number of aryl methyl sites for hydroxylation is 1. The number of hydrogen-bond donors (Lipinski definition) is 1. The lowest BCUT2D eigenvalue weighted by Gasteiger charge is -2.35. The predicted octanol–water partition coefficient (Wildman–Crippen LogP) is 3.70.